The third-order valence-electron chi connectivity index (χ3n) is 4.59. The number of hydrogen-bond donors (Lipinski definition) is 1. The highest BCUT2D eigenvalue weighted by Crippen LogP contribution is 2.40. The Morgan fingerprint density at radius 1 is 1.11 bits per heavy atom. The summed E-state index contributed by atoms with van der Waals surface area (Å²) < 4.78 is 5.06. The molecule has 0 saturated carbocycles. The first-order chi connectivity index (χ1) is 13.5. The Hall–Kier alpha value is -2.34. The van der Waals surface area contributed by atoms with Gasteiger partial charge >= 0.3 is 0 Å². The van der Waals surface area contributed by atoms with Crippen LogP contribution in [0.25, 0.3) is 5.76 Å². The first-order valence-corrected chi connectivity index (χ1v) is 9.49. The maximum Gasteiger partial charge on any atom is 0.295 e. The number of hydrogen-bond acceptors (Lipinski definition) is 4. The van der Waals surface area contributed by atoms with Crippen molar-refractivity contribution >= 4 is 40.7 Å². The fourth-order valence-corrected chi connectivity index (χ4v) is 3.58. The first-order valence-electron chi connectivity index (χ1n) is 8.73. The molecule has 1 atom stereocenters. The van der Waals surface area contributed by atoms with E-state index in [1.54, 1.807) is 55.6 Å². The van der Waals surface area contributed by atoms with Crippen LogP contribution in [-0.2, 0) is 14.3 Å². The van der Waals surface area contributed by atoms with Gasteiger partial charge in [-0.25, -0.2) is 0 Å². The lowest BCUT2D eigenvalue weighted by Crippen LogP contribution is -2.31. The Morgan fingerprint density at radius 3 is 2.46 bits per heavy atom. The van der Waals surface area contributed by atoms with Gasteiger partial charge in [0.15, 0.2) is 0 Å². The van der Waals surface area contributed by atoms with E-state index >= 15 is 0 Å². The molecule has 0 aromatic heterocycles. The summed E-state index contributed by atoms with van der Waals surface area (Å²) in [6, 6.07) is 12.8. The van der Waals surface area contributed by atoms with Crippen molar-refractivity contribution in [3.05, 3.63) is 75.3 Å². The molecule has 1 amide bonds. The second-order valence-corrected chi connectivity index (χ2v) is 7.19. The zero-order valence-corrected chi connectivity index (χ0v) is 16.7. The number of ether oxygens (including phenoxy) is 1. The lowest BCUT2D eigenvalue weighted by Gasteiger charge is -2.25. The van der Waals surface area contributed by atoms with Crippen LogP contribution >= 0.6 is 23.2 Å². The fraction of sp³-hybridized carbons (Fsp3) is 0.238. The van der Waals surface area contributed by atoms with Crippen molar-refractivity contribution in [1.82, 2.24) is 4.90 Å². The standard InChI is InChI=1S/C21H19Cl2NO4/c1-28-11-5-10-24-18(14-8-9-15(22)16(23)12-14)17(20(26)21(24)27)19(25)13-6-3-2-4-7-13/h2-4,6-9,12,18,25H,5,10-11H2,1H3/t18-/m1/s1. The first kappa shape index (κ1) is 20.4. The van der Waals surface area contributed by atoms with Crippen molar-refractivity contribution < 1.29 is 19.4 Å². The van der Waals surface area contributed by atoms with Crippen LogP contribution in [0.1, 0.15) is 23.6 Å². The second kappa shape index (κ2) is 8.78. The van der Waals surface area contributed by atoms with E-state index in [-0.39, 0.29) is 11.3 Å². The van der Waals surface area contributed by atoms with E-state index in [4.69, 9.17) is 27.9 Å². The van der Waals surface area contributed by atoms with Crippen molar-refractivity contribution in [2.24, 2.45) is 0 Å². The number of carbonyl (C=O) groups is 2. The Morgan fingerprint density at radius 2 is 1.82 bits per heavy atom. The van der Waals surface area contributed by atoms with Gasteiger partial charge in [0.2, 0.25) is 0 Å². The van der Waals surface area contributed by atoms with Crippen molar-refractivity contribution in [3.63, 3.8) is 0 Å². The molecule has 28 heavy (non-hydrogen) atoms. The third kappa shape index (κ3) is 3.92. The van der Waals surface area contributed by atoms with Gasteiger partial charge in [-0.15, -0.1) is 0 Å². The number of carbonyl (C=O) groups excluding carboxylic acids is 2. The lowest BCUT2D eigenvalue weighted by molar-refractivity contribution is -0.140. The summed E-state index contributed by atoms with van der Waals surface area (Å²) in [5.41, 5.74) is 1.10. The molecule has 2 aromatic carbocycles. The highest BCUT2D eigenvalue weighted by molar-refractivity contribution is 6.46. The van der Waals surface area contributed by atoms with Gasteiger partial charge in [-0.1, -0.05) is 59.6 Å². The maximum absolute atomic E-state index is 12.8. The predicted molar refractivity (Wildman–Crippen MR) is 108 cm³/mol. The van der Waals surface area contributed by atoms with Crippen LogP contribution in [0.4, 0.5) is 0 Å². The second-order valence-electron chi connectivity index (χ2n) is 6.38. The molecule has 0 aliphatic carbocycles. The number of ketones is 1. The predicted octanol–water partition coefficient (Wildman–Crippen LogP) is 4.45. The molecule has 1 aliphatic rings. The van der Waals surface area contributed by atoms with Gasteiger partial charge < -0.3 is 14.7 Å². The number of Topliss-reactive ketones (excluding diaryl/α,β-unsaturated/α-hetero) is 1. The van der Waals surface area contributed by atoms with E-state index in [0.717, 1.165) is 0 Å². The van der Waals surface area contributed by atoms with Crippen molar-refractivity contribution in [2.45, 2.75) is 12.5 Å². The van der Waals surface area contributed by atoms with Gasteiger partial charge in [0.25, 0.3) is 11.7 Å². The van der Waals surface area contributed by atoms with Crippen LogP contribution in [0.2, 0.25) is 10.0 Å². The minimum Gasteiger partial charge on any atom is -0.507 e. The number of halogens is 2. The molecule has 7 heteroatoms. The zero-order valence-electron chi connectivity index (χ0n) is 15.2. The molecule has 0 radical (unpaired) electrons. The van der Waals surface area contributed by atoms with E-state index in [1.807, 2.05) is 0 Å². The van der Waals surface area contributed by atoms with Gasteiger partial charge in [0, 0.05) is 25.8 Å². The average molecular weight is 420 g/mol. The summed E-state index contributed by atoms with van der Waals surface area (Å²) in [4.78, 5) is 27.0. The molecule has 0 bridgehead atoms. The number of aliphatic hydroxyl groups excluding tert-OH is 1. The zero-order chi connectivity index (χ0) is 20.3. The number of aliphatic hydroxyl groups is 1. The van der Waals surface area contributed by atoms with Crippen LogP contribution < -0.4 is 0 Å². The molecule has 1 heterocycles. The maximum atomic E-state index is 12.8. The topological polar surface area (TPSA) is 66.8 Å². The van der Waals surface area contributed by atoms with E-state index < -0.39 is 17.7 Å². The largest absolute Gasteiger partial charge is 0.507 e. The third-order valence-corrected chi connectivity index (χ3v) is 5.33. The number of likely N-dealkylation sites (tertiary alicyclic amines) is 1. The summed E-state index contributed by atoms with van der Waals surface area (Å²) in [5, 5.41) is 11.5. The smallest absolute Gasteiger partial charge is 0.295 e. The Kier molecular flexibility index (Phi) is 6.39. The normalized spacial score (nSPS) is 18.7. The van der Waals surface area contributed by atoms with E-state index in [9.17, 15) is 14.7 Å². The van der Waals surface area contributed by atoms with Crippen LogP contribution in [0.3, 0.4) is 0 Å². The fourth-order valence-electron chi connectivity index (χ4n) is 3.27. The monoisotopic (exact) mass is 419 g/mol. The Bertz CT molecular complexity index is 927. The number of nitrogens with zero attached hydrogens (tertiary/aromatic N) is 1. The average Bonchev–Trinajstić information content (AvgIpc) is 2.95. The highest BCUT2D eigenvalue weighted by Gasteiger charge is 2.45. The van der Waals surface area contributed by atoms with E-state index in [1.165, 1.54) is 4.90 Å². The molecule has 0 spiro atoms. The molecule has 5 nitrogen and oxygen atoms in total. The number of amides is 1. The quantitative estimate of drug-likeness (QED) is 0.325. The van der Waals surface area contributed by atoms with E-state index in [0.29, 0.717) is 40.7 Å². The van der Waals surface area contributed by atoms with Crippen molar-refractivity contribution in [1.29, 1.82) is 0 Å². The van der Waals surface area contributed by atoms with Crippen LogP contribution in [0.15, 0.2) is 54.1 Å². The molecule has 1 saturated heterocycles. The minimum absolute atomic E-state index is 0.0343. The van der Waals surface area contributed by atoms with Crippen LogP contribution in [0, 0.1) is 0 Å². The molecular weight excluding hydrogens is 401 g/mol. The van der Waals surface area contributed by atoms with Crippen LogP contribution in [-0.4, -0.2) is 42.0 Å². The molecule has 0 unspecified atom stereocenters. The summed E-state index contributed by atoms with van der Waals surface area (Å²) >= 11 is 12.2. The molecule has 3 rings (SSSR count). The van der Waals surface area contributed by atoms with Gasteiger partial charge in [0.05, 0.1) is 21.7 Å². The van der Waals surface area contributed by atoms with Gasteiger partial charge in [0.1, 0.15) is 5.76 Å². The number of rotatable bonds is 6. The summed E-state index contributed by atoms with van der Waals surface area (Å²) in [7, 11) is 1.57. The minimum atomic E-state index is -0.758. The molecule has 1 N–H and O–H groups in total. The Balaban J connectivity index is 2.13. The van der Waals surface area contributed by atoms with E-state index in [2.05, 4.69) is 0 Å². The van der Waals surface area contributed by atoms with Gasteiger partial charge in [-0.3, -0.25) is 9.59 Å². The number of methoxy groups -OCH3 is 1. The highest BCUT2D eigenvalue weighted by atomic mass is 35.5. The number of benzene rings is 2. The molecule has 2 aromatic rings. The lowest BCUT2D eigenvalue weighted by atomic mass is 9.95. The molecular formula is C21H19Cl2NO4. The summed E-state index contributed by atoms with van der Waals surface area (Å²) in [6.07, 6.45) is 0.548. The molecule has 1 aliphatic heterocycles. The van der Waals surface area contributed by atoms with Crippen molar-refractivity contribution in [3.8, 4) is 0 Å². The SMILES string of the molecule is COCCCN1C(=O)C(=O)C(=C(O)c2ccccc2)[C@H]1c1ccc(Cl)c(Cl)c1. The molecule has 146 valence electrons. The summed E-state index contributed by atoms with van der Waals surface area (Å²) in [6.45, 7) is 0.741. The van der Waals surface area contributed by atoms with Gasteiger partial charge in [-0.05, 0) is 24.1 Å². The van der Waals surface area contributed by atoms with Crippen LogP contribution in [0.5, 0.6) is 0 Å². The van der Waals surface area contributed by atoms with Gasteiger partial charge in [-0.2, -0.15) is 0 Å². The Labute approximate surface area is 173 Å². The molecule has 1 fully saturated rings. The summed E-state index contributed by atoms with van der Waals surface area (Å²) in [5.74, 6) is -1.61. The van der Waals surface area contributed by atoms with Crippen molar-refractivity contribution in [2.75, 3.05) is 20.3 Å².